The fourth-order valence-electron chi connectivity index (χ4n) is 0.697. The lowest BCUT2D eigenvalue weighted by Gasteiger charge is -2.20. The van der Waals surface area contributed by atoms with E-state index >= 15 is 0 Å². The normalized spacial score (nSPS) is 12.0. The lowest BCUT2D eigenvalue weighted by atomic mass is 9.86. The van der Waals surface area contributed by atoms with Crippen LogP contribution in [0.25, 0.3) is 0 Å². The molecule has 0 rings (SSSR count). The average molecular weight is 113 g/mol. The fourth-order valence-corrected chi connectivity index (χ4v) is 0.697. The van der Waals surface area contributed by atoms with Gasteiger partial charge in [0.05, 0.1) is 0 Å². The zero-order chi connectivity index (χ0) is 6.62. The molecule has 1 radical (unpaired) electrons. The van der Waals surface area contributed by atoms with Gasteiger partial charge in [0.15, 0.2) is 0 Å². The lowest BCUT2D eigenvalue weighted by Crippen LogP contribution is -2.08. The van der Waals surface area contributed by atoms with Gasteiger partial charge in [-0.25, -0.2) is 0 Å². The topological polar surface area (TPSA) is 0 Å². The summed E-state index contributed by atoms with van der Waals surface area (Å²) in [4.78, 5) is 0. The monoisotopic (exact) mass is 113 g/mol. The van der Waals surface area contributed by atoms with Gasteiger partial charge in [-0.1, -0.05) is 34.1 Å². The number of rotatable bonds is 3. The van der Waals surface area contributed by atoms with Crippen molar-refractivity contribution in [2.24, 2.45) is 5.41 Å². The SMILES string of the molecule is C[CH]CC(C)(C)CC. The summed E-state index contributed by atoms with van der Waals surface area (Å²) in [5, 5.41) is 0. The van der Waals surface area contributed by atoms with Gasteiger partial charge in [0.1, 0.15) is 0 Å². The van der Waals surface area contributed by atoms with Crippen molar-refractivity contribution in [2.45, 2.75) is 40.5 Å². The Balaban J connectivity index is 3.37. The molecule has 0 heterocycles. The summed E-state index contributed by atoms with van der Waals surface area (Å²) < 4.78 is 0. The van der Waals surface area contributed by atoms with E-state index in [1.807, 2.05) is 0 Å². The van der Waals surface area contributed by atoms with Crippen LogP contribution in [0.15, 0.2) is 0 Å². The minimum absolute atomic E-state index is 0.536. The largest absolute Gasteiger partial charge is 0.0649 e. The van der Waals surface area contributed by atoms with Gasteiger partial charge in [-0.05, 0) is 18.3 Å². The molecule has 0 N–H and O–H groups in total. The Labute approximate surface area is 53.3 Å². The predicted octanol–water partition coefficient (Wildman–Crippen LogP) is 3.04. The van der Waals surface area contributed by atoms with E-state index in [4.69, 9.17) is 0 Å². The van der Waals surface area contributed by atoms with E-state index in [2.05, 4.69) is 34.1 Å². The smallest absolute Gasteiger partial charge is 0.0354 e. The zero-order valence-electron chi connectivity index (χ0n) is 6.49. The van der Waals surface area contributed by atoms with Crippen LogP contribution in [0.1, 0.15) is 40.5 Å². The third-order valence-electron chi connectivity index (χ3n) is 1.71. The summed E-state index contributed by atoms with van der Waals surface area (Å²) in [5.74, 6) is 0. The first-order chi connectivity index (χ1) is 3.62. The summed E-state index contributed by atoms with van der Waals surface area (Å²) in [6.45, 7) is 8.96. The van der Waals surface area contributed by atoms with E-state index < -0.39 is 0 Å². The predicted molar refractivity (Wildman–Crippen MR) is 38.7 cm³/mol. The molecular formula is C8H17. The number of hydrogen-bond donors (Lipinski definition) is 0. The molecule has 0 aliphatic carbocycles. The molecule has 0 aliphatic rings. The van der Waals surface area contributed by atoms with Gasteiger partial charge in [-0.3, -0.25) is 0 Å². The Morgan fingerprint density at radius 3 is 2.00 bits per heavy atom. The molecule has 0 aromatic rings. The molecule has 8 heavy (non-hydrogen) atoms. The molecule has 0 fully saturated rings. The van der Waals surface area contributed by atoms with Crippen LogP contribution >= 0.6 is 0 Å². The first-order valence-electron chi connectivity index (χ1n) is 3.40. The zero-order valence-corrected chi connectivity index (χ0v) is 6.49. The second kappa shape index (κ2) is 3.11. The molecule has 0 atom stereocenters. The highest BCUT2D eigenvalue weighted by atomic mass is 14.2. The van der Waals surface area contributed by atoms with Crippen LogP contribution in [0.4, 0.5) is 0 Å². The summed E-state index contributed by atoms with van der Waals surface area (Å²) >= 11 is 0. The van der Waals surface area contributed by atoms with Gasteiger partial charge in [-0.2, -0.15) is 0 Å². The van der Waals surface area contributed by atoms with Crippen molar-refractivity contribution >= 4 is 0 Å². The third-order valence-corrected chi connectivity index (χ3v) is 1.71. The molecule has 0 spiro atoms. The molecule has 0 heteroatoms. The Hall–Kier alpha value is 0. The van der Waals surface area contributed by atoms with Crippen LogP contribution in [0.2, 0.25) is 0 Å². The Morgan fingerprint density at radius 2 is 1.88 bits per heavy atom. The van der Waals surface area contributed by atoms with Crippen molar-refractivity contribution in [3.63, 3.8) is 0 Å². The van der Waals surface area contributed by atoms with Crippen molar-refractivity contribution in [1.82, 2.24) is 0 Å². The molecule has 0 saturated carbocycles. The van der Waals surface area contributed by atoms with Crippen LogP contribution in [-0.2, 0) is 0 Å². The Morgan fingerprint density at radius 1 is 1.38 bits per heavy atom. The van der Waals surface area contributed by atoms with Crippen LogP contribution < -0.4 is 0 Å². The average Bonchev–Trinajstić information content (AvgIpc) is 1.67. The molecule has 49 valence electrons. The van der Waals surface area contributed by atoms with Crippen LogP contribution in [0, 0.1) is 11.8 Å². The summed E-state index contributed by atoms with van der Waals surface area (Å²) in [5.41, 5.74) is 0.536. The van der Waals surface area contributed by atoms with Gasteiger partial charge in [0, 0.05) is 0 Å². The molecular weight excluding hydrogens is 96.1 g/mol. The van der Waals surface area contributed by atoms with Crippen LogP contribution in [0.3, 0.4) is 0 Å². The minimum atomic E-state index is 0.536. The fraction of sp³-hybridized carbons (Fsp3) is 0.875. The quantitative estimate of drug-likeness (QED) is 0.527. The molecule has 0 nitrogen and oxygen atoms in total. The maximum absolute atomic E-state index is 2.30. The van der Waals surface area contributed by atoms with E-state index in [-0.39, 0.29) is 0 Å². The summed E-state index contributed by atoms with van der Waals surface area (Å²) in [7, 11) is 0. The van der Waals surface area contributed by atoms with E-state index in [1.165, 1.54) is 12.8 Å². The second-order valence-electron chi connectivity index (χ2n) is 3.13. The van der Waals surface area contributed by atoms with Crippen LogP contribution in [0.5, 0.6) is 0 Å². The molecule has 0 aliphatic heterocycles. The molecule has 0 saturated heterocycles. The minimum Gasteiger partial charge on any atom is -0.0649 e. The van der Waals surface area contributed by atoms with E-state index in [9.17, 15) is 0 Å². The van der Waals surface area contributed by atoms with Gasteiger partial charge in [-0.15, -0.1) is 0 Å². The third kappa shape index (κ3) is 3.06. The molecule has 0 aromatic heterocycles. The Bertz CT molecular complexity index is 53.1. The lowest BCUT2D eigenvalue weighted by molar-refractivity contribution is 0.346. The first kappa shape index (κ1) is 8.00. The van der Waals surface area contributed by atoms with Crippen molar-refractivity contribution in [1.29, 1.82) is 0 Å². The highest BCUT2D eigenvalue weighted by Crippen LogP contribution is 2.24. The van der Waals surface area contributed by atoms with E-state index in [0.29, 0.717) is 5.41 Å². The van der Waals surface area contributed by atoms with Gasteiger partial charge in [0.2, 0.25) is 0 Å². The van der Waals surface area contributed by atoms with E-state index in [0.717, 1.165) is 0 Å². The standard InChI is InChI=1S/C8H17/c1-5-7-8(3,4)6-2/h5H,6-7H2,1-4H3. The first-order valence-corrected chi connectivity index (χ1v) is 3.40. The van der Waals surface area contributed by atoms with Gasteiger partial charge in [0.25, 0.3) is 0 Å². The summed E-state index contributed by atoms with van der Waals surface area (Å²) in [6, 6.07) is 0. The van der Waals surface area contributed by atoms with Crippen molar-refractivity contribution in [3.8, 4) is 0 Å². The second-order valence-corrected chi connectivity index (χ2v) is 3.13. The van der Waals surface area contributed by atoms with Gasteiger partial charge < -0.3 is 0 Å². The molecule has 0 aromatic carbocycles. The van der Waals surface area contributed by atoms with Crippen molar-refractivity contribution < 1.29 is 0 Å². The highest BCUT2D eigenvalue weighted by Gasteiger charge is 2.11. The maximum Gasteiger partial charge on any atom is -0.0354 e. The van der Waals surface area contributed by atoms with Crippen molar-refractivity contribution in [2.75, 3.05) is 0 Å². The molecule has 0 amide bonds. The van der Waals surface area contributed by atoms with Gasteiger partial charge >= 0.3 is 0 Å². The maximum atomic E-state index is 2.30. The van der Waals surface area contributed by atoms with E-state index in [1.54, 1.807) is 0 Å². The molecule has 0 unspecified atom stereocenters. The highest BCUT2D eigenvalue weighted by molar-refractivity contribution is 4.72. The van der Waals surface area contributed by atoms with Crippen molar-refractivity contribution in [3.05, 3.63) is 6.42 Å². The van der Waals surface area contributed by atoms with Crippen LogP contribution in [-0.4, -0.2) is 0 Å². The Kier molecular flexibility index (Phi) is 3.11. The summed E-state index contributed by atoms with van der Waals surface area (Å²) in [6.07, 6.45) is 4.75. The number of hydrogen-bond acceptors (Lipinski definition) is 0. The molecule has 0 bridgehead atoms.